The van der Waals surface area contributed by atoms with Gasteiger partial charge in [-0.3, -0.25) is 0 Å². The quantitative estimate of drug-likeness (QED) is 0.809. The van der Waals surface area contributed by atoms with Gasteiger partial charge in [-0.25, -0.2) is 4.79 Å². The molecule has 0 saturated heterocycles. The third kappa shape index (κ3) is 3.95. The normalized spacial score (nSPS) is 23.6. The average Bonchev–Trinajstić information content (AvgIpc) is 2.46. The summed E-state index contributed by atoms with van der Waals surface area (Å²) in [5, 5.41) is 8.59. The first kappa shape index (κ1) is 13.9. The van der Waals surface area contributed by atoms with E-state index in [1.165, 1.54) is 43.7 Å². The fourth-order valence-electron chi connectivity index (χ4n) is 2.95. The first-order valence-electron chi connectivity index (χ1n) is 7.20. The molecule has 19 heavy (non-hydrogen) atoms. The average molecular weight is 258 g/mol. The standard InChI is InChI=1S/C17H22O2/c1-2-13-3-8-15(9-4-13)16-10-5-14(6-11-16)7-12-17(18)19/h5-7,10-13,15H,2-4,8-9H2,1H3,(H,18,19)/b12-7+/t13-,15-. The van der Waals surface area contributed by atoms with Gasteiger partial charge in [-0.15, -0.1) is 0 Å². The van der Waals surface area contributed by atoms with Gasteiger partial charge in [0.25, 0.3) is 0 Å². The lowest BCUT2D eigenvalue weighted by Crippen LogP contribution is -2.12. The second kappa shape index (κ2) is 6.55. The minimum Gasteiger partial charge on any atom is -0.478 e. The first-order chi connectivity index (χ1) is 9.19. The van der Waals surface area contributed by atoms with Gasteiger partial charge in [0.15, 0.2) is 0 Å². The van der Waals surface area contributed by atoms with Gasteiger partial charge in [0.2, 0.25) is 0 Å². The molecular weight excluding hydrogens is 236 g/mol. The summed E-state index contributed by atoms with van der Waals surface area (Å²) in [6.07, 6.45) is 9.42. The number of aliphatic carboxylic acids is 1. The van der Waals surface area contributed by atoms with Crippen molar-refractivity contribution in [3.63, 3.8) is 0 Å². The Morgan fingerprint density at radius 3 is 2.37 bits per heavy atom. The zero-order chi connectivity index (χ0) is 13.7. The minimum absolute atomic E-state index is 0.695. The zero-order valence-corrected chi connectivity index (χ0v) is 11.5. The van der Waals surface area contributed by atoms with Crippen LogP contribution >= 0.6 is 0 Å². The highest BCUT2D eigenvalue weighted by atomic mass is 16.4. The molecule has 0 amide bonds. The molecule has 2 nitrogen and oxygen atoms in total. The van der Waals surface area contributed by atoms with Crippen LogP contribution in [0, 0.1) is 5.92 Å². The fourth-order valence-corrected chi connectivity index (χ4v) is 2.95. The van der Waals surface area contributed by atoms with Crippen molar-refractivity contribution < 1.29 is 9.90 Å². The predicted octanol–water partition coefficient (Wildman–Crippen LogP) is 4.47. The number of hydrogen-bond donors (Lipinski definition) is 1. The Bertz CT molecular complexity index is 437. The predicted molar refractivity (Wildman–Crippen MR) is 78.1 cm³/mol. The van der Waals surface area contributed by atoms with E-state index in [2.05, 4.69) is 19.1 Å². The summed E-state index contributed by atoms with van der Waals surface area (Å²) >= 11 is 0. The summed E-state index contributed by atoms with van der Waals surface area (Å²) in [7, 11) is 0. The molecule has 1 saturated carbocycles. The molecule has 2 rings (SSSR count). The maximum Gasteiger partial charge on any atom is 0.328 e. The van der Waals surface area contributed by atoms with E-state index in [0.29, 0.717) is 5.92 Å². The molecule has 1 aromatic carbocycles. The molecule has 0 atom stereocenters. The SMILES string of the molecule is CC[C@H]1CC[C@H](c2ccc(/C=C/C(=O)O)cc2)CC1. The topological polar surface area (TPSA) is 37.3 Å². The van der Waals surface area contributed by atoms with E-state index in [0.717, 1.165) is 11.5 Å². The van der Waals surface area contributed by atoms with E-state index < -0.39 is 5.97 Å². The van der Waals surface area contributed by atoms with Crippen LogP contribution in [0.1, 0.15) is 56.1 Å². The number of rotatable bonds is 4. The summed E-state index contributed by atoms with van der Waals surface area (Å²) in [6.45, 7) is 2.29. The van der Waals surface area contributed by atoms with Crippen molar-refractivity contribution in [3.8, 4) is 0 Å². The number of carbonyl (C=O) groups is 1. The van der Waals surface area contributed by atoms with Crippen LogP contribution < -0.4 is 0 Å². The summed E-state index contributed by atoms with van der Waals surface area (Å²) < 4.78 is 0. The molecule has 1 fully saturated rings. The zero-order valence-electron chi connectivity index (χ0n) is 11.5. The lowest BCUT2D eigenvalue weighted by molar-refractivity contribution is -0.131. The molecule has 0 spiro atoms. The number of hydrogen-bond acceptors (Lipinski definition) is 1. The van der Waals surface area contributed by atoms with Crippen molar-refractivity contribution >= 4 is 12.0 Å². The molecule has 1 aromatic rings. The largest absolute Gasteiger partial charge is 0.478 e. The maximum atomic E-state index is 10.5. The Hall–Kier alpha value is -1.57. The third-order valence-electron chi connectivity index (χ3n) is 4.25. The Kier molecular flexibility index (Phi) is 4.78. The smallest absolute Gasteiger partial charge is 0.328 e. The van der Waals surface area contributed by atoms with Gasteiger partial charge in [0.1, 0.15) is 0 Å². The highest BCUT2D eigenvalue weighted by Gasteiger charge is 2.20. The van der Waals surface area contributed by atoms with Crippen LogP contribution in [0.25, 0.3) is 6.08 Å². The summed E-state index contributed by atoms with van der Waals surface area (Å²) in [4.78, 5) is 10.5. The summed E-state index contributed by atoms with van der Waals surface area (Å²) in [6, 6.07) is 8.33. The molecule has 2 heteroatoms. The molecule has 0 heterocycles. The van der Waals surface area contributed by atoms with Crippen molar-refractivity contribution in [3.05, 3.63) is 41.5 Å². The van der Waals surface area contributed by atoms with Crippen LogP contribution in [0.5, 0.6) is 0 Å². The molecule has 1 aliphatic carbocycles. The van der Waals surface area contributed by atoms with Crippen molar-refractivity contribution in [2.24, 2.45) is 5.92 Å². The Morgan fingerprint density at radius 1 is 1.21 bits per heavy atom. The number of carboxylic acids is 1. The highest BCUT2D eigenvalue weighted by Crippen LogP contribution is 2.36. The summed E-state index contributed by atoms with van der Waals surface area (Å²) in [5.74, 6) is 0.719. The van der Waals surface area contributed by atoms with E-state index in [9.17, 15) is 4.79 Å². The lowest BCUT2D eigenvalue weighted by atomic mass is 9.78. The molecule has 0 aliphatic heterocycles. The third-order valence-corrected chi connectivity index (χ3v) is 4.25. The van der Waals surface area contributed by atoms with E-state index >= 15 is 0 Å². The van der Waals surface area contributed by atoms with Crippen LogP contribution in [-0.4, -0.2) is 11.1 Å². The van der Waals surface area contributed by atoms with Crippen LogP contribution in [0.15, 0.2) is 30.3 Å². The molecule has 0 bridgehead atoms. The molecule has 0 aromatic heterocycles. The van der Waals surface area contributed by atoms with Crippen LogP contribution in [0.4, 0.5) is 0 Å². The van der Waals surface area contributed by atoms with Crippen molar-refractivity contribution in [1.29, 1.82) is 0 Å². The lowest BCUT2D eigenvalue weighted by Gasteiger charge is -2.28. The van der Waals surface area contributed by atoms with Crippen molar-refractivity contribution in [2.45, 2.75) is 44.9 Å². The molecule has 1 aliphatic rings. The van der Waals surface area contributed by atoms with Crippen LogP contribution in [0.3, 0.4) is 0 Å². The molecular formula is C17H22O2. The highest BCUT2D eigenvalue weighted by molar-refractivity contribution is 5.85. The van der Waals surface area contributed by atoms with Gasteiger partial charge in [-0.05, 0) is 54.7 Å². The van der Waals surface area contributed by atoms with E-state index in [4.69, 9.17) is 5.11 Å². The van der Waals surface area contributed by atoms with Gasteiger partial charge in [-0.1, -0.05) is 37.6 Å². The monoisotopic (exact) mass is 258 g/mol. The Labute approximate surface area is 115 Å². The Balaban J connectivity index is 1.97. The number of carboxylic acid groups (broad SMARTS) is 1. The number of benzene rings is 1. The molecule has 0 unspecified atom stereocenters. The van der Waals surface area contributed by atoms with Crippen LogP contribution in [-0.2, 0) is 4.79 Å². The maximum absolute atomic E-state index is 10.5. The van der Waals surface area contributed by atoms with Gasteiger partial charge in [0, 0.05) is 6.08 Å². The van der Waals surface area contributed by atoms with Crippen molar-refractivity contribution in [1.82, 2.24) is 0 Å². The van der Waals surface area contributed by atoms with Gasteiger partial charge in [0.05, 0.1) is 0 Å². The van der Waals surface area contributed by atoms with Crippen molar-refractivity contribution in [2.75, 3.05) is 0 Å². The van der Waals surface area contributed by atoms with Crippen LogP contribution in [0.2, 0.25) is 0 Å². The van der Waals surface area contributed by atoms with Gasteiger partial charge >= 0.3 is 5.97 Å². The fraction of sp³-hybridized carbons (Fsp3) is 0.471. The van der Waals surface area contributed by atoms with Gasteiger partial charge in [-0.2, -0.15) is 0 Å². The minimum atomic E-state index is -0.901. The van der Waals surface area contributed by atoms with E-state index in [1.807, 2.05) is 12.1 Å². The van der Waals surface area contributed by atoms with E-state index in [1.54, 1.807) is 6.08 Å². The molecule has 1 N–H and O–H groups in total. The van der Waals surface area contributed by atoms with E-state index in [-0.39, 0.29) is 0 Å². The summed E-state index contributed by atoms with van der Waals surface area (Å²) in [5.41, 5.74) is 2.36. The molecule has 102 valence electrons. The second-order valence-electron chi connectivity index (χ2n) is 5.46. The second-order valence-corrected chi connectivity index (χ2v) is 5.46. The molecule has 0 radical (unpaired) electrons. The first-order valence-corrected chi connectivity index (χ1v) is 7.20. The van der Waals surface area contributed by atoms with Gasteiger partial charge < -0.3 is 5.11 Å². The Morgan fingerprint density at radius 2 is 1.84 bits per heavy atom.